The molecule has 3 aliphatic rings. The molecule has 2 aliphatic heterocycles. The summed E-state index contributed by atoms with van der Waals surface area (Å²) in [6.45, 7) is 46.5. The Balaban J connectivity index is 1.09. The van der Waals surface area contributed by atoms with E-state index in [-0.39, 0.29) is 39.2 Å². The van der Waals surface area contributed by atoms with E-state index in [0.717, 1.165) is 39.8 Å². The number of hydrogen-bond acceptors (Lipinski definition) is 2. The fourth-order valence-corrected chi connectivity index (χ4v) is 15.8. The summed E-state index contributed by atoms with van der Waals surface area (Å²) < 4.78 is 15.3. The first-order valence-corrected chi connectivity index (χ1v) is 33.7. The fraction of sp³-hybridized carbons (Fsp3) is 0.310. The molecule has 0 bridgehead atoms. The van der Waals surface area contributed by atoms with Gasteiger partial charge >= 0.3 is 0 Å². The van der Waals surface area contributed by atoms with Gasteiger partial charge in [0.25, 0.3) is 6.71 Å². The largest absolute Gasteiger partial charge is 0.311 e. The van der Waals surface area contributed by atoms with Crippen LogP contribution in [-0.2, 0) is 37.9 Å². The number of nitrogens with zero attached hydrogens (tertiary/aromatic N) is 4. The molecule has 0 unspecified atom stereocenters. The highest BCUT2D eigenvalue weighted by molar-refractivity contribution is 7.00. The van der Waals surface area contributed by atoms with Crippen molar-refractivity contribution < 1.29 is 1.37 Å². The monoisotopic (exact) mass is 1200 g/mol. The van der Waals surface area contributed by atoms with Gasteiger partial charge in [-0.3, -0.25) is 0 Å². The van der Waals surface area contributed by atoms with Gasteiger partial charge in [-0.15, -0.1) is 0 Å². The molecule has 15 rings (SSSR count). The number of hydrogen-bond donors (Lipinski definition) is 0. The van der Waals surface area contributed by atoms with Gasteiger partial charge in [0.15, 0.2) is 0 Å². The smallest absolute Gasteiger partial charge is 0.252 e. The Hall–Kier alpha value is -8.54. The van der Waals surface area contributed by atoms with Crippen LogP contribution in [0.4, 0.5) is 34.1 Å². The molecule has 0 saturated heterocycles. The number of benzene rings is 10. The number of fused-ring (bicyclic) bond motifs is 14. The first kappa shape index (κ1) is 58.5. The van der Waals surface area contributed by atoms with Crippen LogP contribution in [0.2, 0.25) is 0 Å². The summed E-state index contributed by atoms with van der Waals surface area (Å²) in [6, 6.07) is 71.5. The predicted molar refractivity (Wildman–Crippen MR) is 399 cm³/mol. The maximum atomic E-state index is 10.2. The molecule has 4 nitrogen and oxygen atoms in total. The van der Waals surface area contributed by atoms with Crippen molar-refractivity contribution in [2.45, 2.75) is 176 Å². The lowest BCUT2D eigenvalue weighted by Crippen LogP contribution is -2.63. The van der Waals surface area contributed by atoms with Gasteiger partial charge in [-0.25, -0.2) is 0 Å². The Morgan fingerprint density at radius 2 is 0.717 bits per heavy atom. The van der Waals surface area contributed by atoms with E-state index in [2.05, 4.69) is 339 Å². The van der Waals surface area contributed by atoms with Crippen molar-refractivity contribution in [1.29, 1.82) is 0 Å². The normalized spacial score (nSPS) is 14.9. The summed E-state index contributed by atoms with van der Waals surface area (Å²) >= 11 is 0. The van der Waals surface area contributed by atoms with Crippen LogP contribution in [0.1, 0.15) is 184 Å². The summed E-state index contributed by atoms with van der Waals surface area (Å²) in [7, 11) is 0. The molecule has 2 aromatic heterocycles. The zero-order valence-electron chi connectivity index (χ0n) is 59.2. The van der Waals surface area contributed by atoms with Crippen LogP contribution < -0.4 is 26.2 Å². The van der Waals surface area contributed by atoms with Crippen molar-refractivity contribution in [3.63, 3.8) is 0 Å². The van der Waals surface area contributed by atoms with Crippen molar-refractivity contribution in [3.05, 3.63) is 233 Å². The SMILES string of the molecule is [2H]c1cc2c3c(c1)N(c1ccc(C(C)(C)C)cc1)c1cc(-n4c5ccc(C(C)(C)C)cc5c5cc(C(C)(C)C)ccc54)c4c(c1B3c1ccc(-n3c5ccc(C(C)(C)C)cc5c5cc(C(C)(C)C)ccc53)cc1N2c1ccc(C(C)(C)C)cc1)C(C)(C)c1ccccc1-4. The van der Waals surface area contributed by atoms with Crippen LogP contribution in [0.25, 0.3) is 66.1 Å². The molecular formula is C87H91BN4. The molecule has 0 spiro atoms. The highest BCUT2D eigenvalue weighted by Crippen LogP contribution is 2.56. The van der Waals surface area contributed by atoms with Crippen LogP contribution in [0.15, 0.2) is 188 Å². The van der Waals surface area contributed by atoms with Crippen LogP contribution in [0.3, 0.4) is 0 Å². The van der Waals surface area contributed by atoms with Gasteiger partial charge in [0, 0.05) is 72.3 Å². The average Bonchev–Trinajstić information content (AvgIpc) is 1.66. The van der Waals surface area contributed by atoms with E-state index in [4.69, 9.17) is 0 Å². The van der Waals surface area contributed by atoms with E-state index in [0.29, 0.717) is 6.04 Å². The predicted octanol–water partition coefficient (Wildman–Crippen LogP) is 22.1. The minimum atomic E-state index is -0.445. The third kappa shape index (κ3) is 9.05. The second-order valence-electron chi connectivity index (χ2n) is 33.9. The molecule has 0 saturated carbocycles. The zero-order valence-corrected chi connectivity index (χ0v) is 58.2. The third-order valence-electron chi connectivity index (χ3n) is 21.2. The third-order valence-corrected chi connectivity index (χ3v) is 21.2. The van der Waals surface area contributed by atoms with Gasteiger partial charge in [0.05, 0.1) is 29.1 Å². The van der Waals surface area contributed by atoms with Gasteiger partial charge in [-0.05, 0) is 202 Å². The van der Waals surface area contributed by atoms with Crippen LogP contribution >= 0.6 is 0 Å². The lowest BCUT2D eigenvalue weighted by molar-refractivity contribution is 0.590. The highest BCUT2D eigenvalue weighted by Gasteiger charge is 2.50. The Bertz CT molecular complexity index is 4960. The molecule has 0 fully saturated rings. The molecule has 4 heterocycles. The zero-order chi connectivity index (χ0) is 65.9. The second-order valence-corrected chi connectivity index (χ2v) is 33.9. The van der Waals surface area contributed by atoms with Crippen molar-refractivity contribution in [2.24, 2.45) is 0 Å². The van der Waals surface area contributed by atoms with E-state index < -0.39 is 5.41 Å². The summed E-state index contributed by atoms with van der Waals surface area (Å²) in [5.74, 6) is 0. The van der Waals surface area contributed by atoms with Gasteiger partial charge in [-0.1, -0.05) is 223 Å². The van der Waals surface area contributed by atoms with E-state index in [1.165, 1.54) is 121 Å². The first-order valence-electron chi connectivity index (χ1n) is 34.2. The van der Waals surface area contributed by atoms with Crippen molar-refractivity contribution in [3.8, 4) is 22.5 Å². The van der Waals surface area contributed by atoms with Gasteiger partial charge in [-0.2, -0.15) is 0 Å². The van der Waals surface area contributed by atoms with E-state index >= 15 is 0 Å². The van der Waals surface area contributed by atoms with E-state index in [1.807, 2.05) is 0 Å². The molecule has 0 amide bonds. The molecule has 12 aromatic rings. The quantitative estimate of drug-likeness (QED) is 0.163. The van der Waals surface area contributed by atoms with Crippen LogP contribution in [-0.4, -0.2) is 15.8 Å². The Morgan fingerprint density at radius 1 is 0.337 bits per heavy atom. The first-order chi connectivity index (χ1) is 43.6. The number of aromatic nitrogens is 2. The van der Waals surface area contributed by atoms with E-state index in [1.54, 1.807) is 0 Å². The van der Waals surface area contributed by atoms with Crippen molar-refractivity contribution >= 4 is 101 Å². The minimum Gasteiger partial charge on any atom is -0.311 e. The standard InChI is InChI=1S/C87H91BN4/c1-81(2,3)52-28-36-58(37-29-52)89-72-26-23-27-73-79(72)88(67-41-40-60(50-74(67)89)91-68-42-32-54(83(7,8)9)46-62(68)63-47-55(84(10,11)12)33-43-69(63)91)80-76(90(73)59-38-30-53(31-39-59)82(4,5)6)51-75(77-61-24-21-22-25-66(61)87(19,20)78(77)80)92-70-44-34-56(85(13,14)15)48-64(70)65-49-57(86(16,17)18)35-45-71(65)92/h21-51H,1-20H3/i23D. The summed E-state index contributed by atoms with van der Waals surface area (Å²) in [4.78, 5) is 5.06. The summed E-state index contributed by atoms with van der Waals surface area (Å²) in [5, 5.41) is 5.07. The number of rotatable bonds is 4. The summed E-state index contributed by atoms with van der Waals surface area (Å²) in [5.41, 5.74) is 29.6. The van der Waals surface area contributed by atoms with Gasteiger partial charge < -0.3 is 18.9 Å². The molecule has 1 aliphatic carbocycles. The summed E-state index contributed by atoms with van der Waals surface area (Å²) in [6.07, 6.45) is 0. The Labute approximate surface area is 549 Å². The number of anilines is 6. The lowest BCUT2D eigenvalue weighted by Gasteiger charge is -2.46. The topological polar surface area (TPSA) is 16.3 Å². The fourth-order valence-electron chi connectivity index (χ4n) is 15.8. The van der Waals surface area contributed by atoms with Crippen molar-refractivity contribution in [1.82, 2.24) is 9.13 Å². The molecule has 0 N–H and O–H groups in total. The molecule has 462 valence electrons. The van der Waals surface area contributed by atoms with Crippen molar-refractivity contribution in [2.75, 3.05) is 9.80 Å². The maximum absolute atomic E-state index is 10.2. The molecule has 92 heavy (non-hydrogen) atoms. The molecule has 5 heteroatoms. The Morgan fingerprint density at radius 3 is 1.14 bits per heavy atom. The molecular weight excluding hydrogens is 1110 g/mol. The van der Waals surface area contributed by atoms with Crippen LogP contribution in [0.5, 0.6) is 0 Å². The maximum Gasteiger partial charge on any atom is 0.252 e. The van der Waals surface area contributed by atoms with E-state index in [9.17, 15) is 1.37 Å². The van der Waals surface area contributed by atoms with Gasteiger partial charge in [0.2, 0.25) is 0 Å². The minimum absolute atomic E-state index is 0.0313. The molecule has 0 radical (unpaired) electrons. The highest BCUT2D eigenvalue weighted by atomic mass is 15.2. The molecule has 0 atom stereocenters. The van der Waals surface area contributed by atoms with Crippen LogP contribution in [0, 0.1) is 0 Å². The second kappa shape index (κ2) is 19.7. The van der Waals surface area contributed by atoms with Gasteiger partial charge in [0.1, 0.15) is 0 Å². The Kier molecular flexibility index (Phi) is 12.6. The average molecular weight is 1200 g/mol. The molecule has 10 aromatic carbocycles. The lowest BCUT2D eigenvalue weighted by atomic mass is 9.32.